The van der Waals surface area contributed by atoms with Gasteiger partial charge in [-0.15, -0.1) is 0 Å². The van der Waals surface area contributed by atoms with E-state index in [-0.39, 0.29) is 23.9 Å². The van der Waals surface area contributed by atoms with Crippen molar-refractivity contribution in [1.82, 2.24) is 5.32 Å². The second kappa shape index (κ2) is 15.5. The van der Waals surface area contributed by atoms with Gasteiger partial charge >= 0.3 is 5.97 Å². The van der Waals surface area contributed by atoms with Crippen LogP contribution in [0.5, 0.6) is 5.75 Å². The van der Waals surface area contributed by atoms with E-state index in [1.165, 1.54) is 5.56 Å². The fraction of sp³-hybridized carbons (Fsp3) is 0.241. The second-order valence-electron chi connectivity index (χ2n) is 8.57. The van der Waals surface area contributed by atoms with Gasteiger partial charge in [0, 0.05) is 17.8 Å². The van der Waals surface area contributed by atoms with Gasteiger partial charge in [0.1, 0.15) is 5.75 Å². The Kier molecular flexibility index (Phi) is 11.7. The molecule has 0 saturated carbocycles. The Hall–Kier alpha value is -3.95. The molecule has 204 valence electrons. The van der Waals surface area contributed by atoms with E-state index in [2.05, 4.69) is 16.0 Å². The number of anilines is 2. The third-order valence-electron chi connectivity index (χ3n) is 5.44. The summed E-state index contributed by atoms with van der Waals surface area (Å²) in [5.74, 6) is -0.743. The molecule has 2 amide bonds. The molecule has 0 spiro atoms. The van der Waals surface area contributed by atoms with Crippen LogP contribution in [0.3, 0.4) is 0 Å². The fourth-order valence-corrected chi connectivity index (χ4v) is 3.82. The number of rotatable bonds is 12. The Morgan fingerprint density at radius 3 is 2.21 bits per heavy atom. The van der Waals surface area contributed by atoms with Crippen molar-refractivity contribution in [2.24, 2.45) is 0 Å². The molecule has 3 rings (SSSR count). The Labute approximate surface area is 238 Å². The Balaban J connectivity index is 1.32. The molecule has 0 aliphatic heterocycles. The van der Waals surface area contributed by atoms with Gasteiger partial charge in [0.05, 0.1) is 18.1 Å². The highest BCUT2D eigenvalue weighted by atomic mass is 35.5. The van der Waals surface area contributed by atoms with Crippen LogP contribution in [-0.4, -0.2) is 35.6 Å². The van der Waals surface area contributed by atoms with Gasteiger partial charge in [-0.2, -0.15) is 0 Å². The van der Waals surface area contributed by atoms with Gasteiger partial charge in [0.15, 0.2) is 11.2 Å². The van der Waals surface area contributed by atoms with Crippen molar-refractivity contribution in [2.45, 2.75) is 38.7 Å². The lowest BCUT2D eigenvalue weighted by Crippen LogP contribution is -2.34. The van der Waals surface area contributed by atoms with E-state index in [4.69, 9.17) is 33.3 Å². The number of hydrogen-bond donors (Lipinski definition) is 3. The number of benzene rings is 3. The van der Waals surface area contributed by atoms with Crippen LogP contribution in [0.25, 0.3) is 0 Å². The first-order valence-corrected chi connectivity index (χ1v) is 13.2. The summed E-state index contributed by atoms with van der Waals surface area (Å²) in [5.41, 5.74) is 2.34. The summed E-state index contributed by atoms with van der Waals surface area (Å²) in [5, 5.41) is 8.71. The molecule has 0 aromatic heterocycles. The molecule has 0 heterocycles. The largest absolute Gasteiger partial charge is 0.479 e. The molecule has 3 aromatic rings. The number of hydrogen-bond acceptors (Lipinski definition) is 6. The van der Waals surface area contributed by atoms with Crippen LogP contribution in [0.4, 0.5) is 11.4 Å². The number of halogens is 1. The zero-order valence-corrected chi connectivity index (χ0v) is 23.0. The van der Waals surface area contributed by atoms with E-state index in [9.17, 15) is 14.4 Å². The Morgan fingerprint density at radius 2 is 1.51 bits per heavy atom. The molecule has 0 fully saturated rings. The zero-order chi connectivity index (χ0) is 28.0. The molecule has 1 atom stereocenters. The Morgan fingerprint density at radius 1 is 0.872 bits per heavy atom. The number of carbonyl (C=O) groups is 3. The first kappa shape index (κ1) is 29.6. The zero-order valence-electron chi connectivity index (χ0n) is 21.4. The number of nitrogens with one attached hydrogen (secondary N) is 3. The summed E-state index contributed by atoms with van der Waals surface area (Å²) in [7, 11) is 0. The van der Waals surface area contributed by atoms with Gasteiger partial charge in [-0.05, 0) is 73.9 Å². The first-order valence-electron chi connectivity index (χ1n) is 12.4. The van der Waals surface area contributed by atoms with Crippen LogP contribution < -0.4 is 20.7 Å². The maximum Gasteiger partial charge on any atom is 0.306 e. The smallest absolute Gasteiger partial charge is 0.306 e. The molecule has 0 aliphatic rings. The number of esters is 1. The van der Waals surface area contributed by atoms with Gasteiger partial charge in [-0.3, -0.25) is 14.4 Å². The van der Waals surface area contributed by atoms with E-state index < -0.39 is 18.0 Å². The number of carbonyl (C=O) groups excluding carboxylic acids is 3. The monoisotopic (exact) mass is 567 g/mol. The summed E-state index contributed by atoms with van der Waals surface area (Å²) in [4.78, 5) is 36.5. The highest BCUT2D eigenvalue weighted by Gasteiger charge is 2.16. The molecule has 3 aromatic carbocycles. The lowest BCUT2D eigenvalue weighted by molar-refractivity contribution is -0.145. The van der Waals surface area contributed by atoms with Crippen LogP contribution in [0.2, 0.25) is 5.02 Å². The Bertz CT molecular complexity index is 1270. The minimum Gasteiger partial charge on any atom is -0.479 e. The number of amides is 2. The molecule has 39 heavy (non-hydrogen) atoms. The minimum atomic E-state index is -0.767. The molecule has 0 aliphatic carbocycles. The SMILES string of the molecule is CC(Oc1ccccc1Cl)C(=O)Nc1ccc(NC(=S)NC(=O)CCC(=O)OCCCc2ccccc2)cc1. The molecular weight excluding hydrogens is 538 g/mol. The number of para-hydroxylation sites is 1. The van der Waals surface area contributed by atoms with Crippen LogP contribution in [0, 0.1) is 0 Å². The van der Waals surface area contributed by atoms with Crippen molar-refractivity contribution in [2.75, 3.05) is 17.2 Å². The fourth-order valence-electron chi connectivity index (χ4n) is 3.41. The van der Waals surface area contributed by atoms with Crippen molar-refractivity contribution in [3.63, 3.8) is 0 Å². The number of ether oxygens (including phenoxy) is 2. The number of thiocarbonyl (C=S) groups is 1. The molecule has 3 N–H and O–H groups in total. The maximum atomic E-state index is 12.5. The summed E-state index contributed by atoms with van der Waals surface area (Å²) in [6.07, 6.45) is 0.690. The van der Waals surface area contributed by atoms with Gasteiger partial charge in [0.25, 0.3) is 5.91 Å². The predicted octanol–water partition coefficient (Wildman–Crippen LogP) is 5.52. The normalized spacial score (nSPS) is 11.1. The van der Waals surface area contributed by atoms with Crippen LogP contribution >= 0.6 is 23.8 Å². The van der Waals surface area contributed by atoms with E-state index in [0.717, 1.165) is 6.42 Å². The lowest BCUT2D eigenvalue weighted by atomic mass is 10.1. The maximum absolute atomic E-state index is 12.5. The van der Waals surface area contributed by atoms with Crippen molar-refractivity contribution in [3.8, 4) is 5.75 Å². The molecule has 0 bridgehead atoms. The second-order valence-corrected chi connectivity index (χ2v) is 9.38. The van der Waals surface area contributed by atoms with E-state index in [0.29, 0.717) is 35.2 Å². The quantitative estimate of drug-likeness (QED) is 0.150. The molecule has 0 radical (unpaired) electrons. The van der Waals surface area contributed by atoms with E-state index in [1.807, 2.05) is 30.3 Å². The van der Waals surface area contributed by atoms with Crippen molar-refractivity contribution in [1.29, 1.82) is 0 Å². The summed E-state index contributed by atoms with van der Waals surface area (Å²) in [6.45, 7) is 1.93. The van der Waals surface area contributed by atoms with Gasteiger partial charge in [-0.1, -0.05) is 54.1 Å². The molecule has 8 nitrogen and oxygen atoms in total. The third kappa shape index (κ3) is 10.7. The molecular formula is C29H30ClN3O5S. The highest BCUT2D eigenvalue weighted by molar-refractivity contribution is 7.80. The third-order valence-corrected chi connectivity index (χ3v) is 5.96. The van der Waals surface area contributed by atoms with Gasteiger partial charge < -0.3 is 25.4 Å². The van der Waals surface area contributed by atoms with Crippen LogP contribution in [-0.2, 0) is 25.5 Å². The predicted molar refractivity (Wildman–Crippen MR) is 156 cm³/mol. The summed E-state index contributed by atoms with van der Waals surface area (Å²) < 4.78 is 10.8. The average Bonchev–Trinajstić information content (AvgIpc) is 2.92. The molecule has 0 saturated heterocycles. The topological polar surface area (TPSA) is 106 Å². The molecule has 1 unspecified atom stereocenters. The number of aryl methyl sites for hydroxylation is 1. The van der Waals surface area contributed by atoms with Crippen LogP contribution in [0.15, 0.2) is 78.9 Å². The summed E-state index contributed by atoms with van der Waals surface area (Å²) >= 11 is 11.3. The van der Waals surface area contributed by atoms with Gasteiger partial charge in [0.2, 0.25) is 5.91 Å². The highest BCUT2D eigenvalue weighted by Crippen LogP contribution is 2.24. The van der Waals surface area contributed by atoms with E-state index >= 15 is 0 Å². The summed E-state index contributed by atoms with van der Waals surface area (Å²) in [6, 6.07) is 23.6. The first-order chi connectivity index (χ1) is 18.8. The lowest BCUT2D eigenvalue weighted by Gasteiger charge is -2.16. The van der Waals surface area contributed by atoms with Crippen molar-refractivity contribution >= 4 is 58.1 Å². The van der Waals surface area contributed by atoms with Crippen LogP contribution in [0.1, 0.15) is 31.7 Å². The minimum absolute atomic E-state index is 0.0349. The van der Waals surface area contributed by atoms with Gasteiger partial charge in [-0.25, -0.2) is 0 Å². The standard InChI is InChI=1S/C29H30ClN3O5S/c1-20(38-25-12-6-5-11-24(25)30)28(36)31-22-13-15-23(16-14-22)32-29(39)33-26(34)17-18-27(35)37-19-7-10-21-8-3-2-4-9-21/h2-6,8-9,11-16,20H,7,10,17-19H2,1H3,(H,31,36)(H2,32,33,34,39). The molecule has 10 heteroatoms. The van der Waals surface area contributed by atoms with E-state index in [1.54, 1.807) is 55.5 Å². The van der Waals surface area contributed by atoms with Crippen molar-refractivity contribution in [3.05, 3.63) is 89.4 Å². The van der Waals surface area contributed by atoms with Crippen molar-refractivity contribution < 1.29 is 23.9 Å². The average molecular weight is 568 g/mol.